The van der Waals surface area contributed by atoms with Gasteiger partial charge in [-0.2, -0.15) is 0 Å². The second-order valence-corrected chi connectivity index (χ2v) is 6.22. The normalized spacial score (nSPS) is 33.0. The van der Waals surface area contributed by atoms with Crippen molar-refractivity contribution in [2.75, 3.05) is 20.2 Å². The number of ether oxygens (including phenoxy) is 1. The Morgan fingerprint density at radius 2 is 2.45 bits per heavy atom. The number of hydrogen-bond acceptors (Lipinski definition) is 3. The van der Waals surface area contributed by atoms with Crippen LogP contribution in [0.5, 0.6) is 0 Å². The van der Waals surface area contributed by atoms with E-state index in [1.54, 1.807) is 7.11 Å². The van der Waals surface area contributed by atoms with Gasteiger partial charge in [0.2, 0.25) is 0 Å². The zero-order chi connectivity index (χ0) is 8.32. The average Bonchev–Trinajstić information content (AvgIpc) is 2.35. The molecule has 1 atom stereocenters. The molecule has 1 radical (unpaired) electrons. The van der Waals surface area contributed by atoms with Crippen LogP contribution in [-0.4, -0.2) is 34.3 Å². The fourth-order valence-electron chi connectivity index (χ4n) is 1.57. The monoisotopic (exact) mass is 173 g/mol. The van der Waals surface area contributed by atoms with E-state index in [0.717, 1.165) is 19.1 Å². The van der Waals surface area contributed by atoms with Crippen molar-refractivity contribution in [2.45, 2.75) is 24.4 Å². The predicted molar refractivity (Wildman–Crippen MR) is 47.8 cm³/mol. The summed E-state index contributed by atoms with van der Waals surface area (Å²) in [6.45, 7) is 4.04. The third-order valence-electron chi connectivity index (χ3n) is 2.42. The van der Waals surface area contributed by atoms with Gasteiger partial charge in [-0.05, 0) is 32.1 Å². The fourth-order valence-corrected chi connectivity index (χ4v) is 4.21. The maximum Gasteiger partial charge on any atom is 0.111 e. The van der Waals surface area contributed by atoms with Gasteiger partial charge in [0.15, 0.2) is 0 Å². The molecule has 4 heteroatoms. The van der Waals surface area contributed by atoms with Gasteiger partial charge >= 0.3 is 0 Å². The molecule has 0 saturated carbocycles. The molecular formula is C7H17N2OSi. The lowest BCUT2D eigenvalue weighted by molar-refractivity contribution is 0.0530. The molecule has 1 rings (SSSR count). The number of methoxy groups -OCH3 is 1. The van der Waals surface area contributed by atoms with Crippen LogP contribution in [0.2, 0.25) is 12.1 Å². The van der Waals surface area contributed by atoms with E-state index in [4.69, 9.17) is 10.5 Å². The molecule has 1 heterocycles. The summed E-state index contributed by atoms with van der Waals surface area (Å²) < 4.78 is 5.44. The molecule has 0 aromatic carbocycles. The van der Waals surface area contributed by atoms with Gasteiger partial charge in [0, 0.05) is 7.11 Å². The first-order valence-corrected chi connectivity index (χ1v) is 6.00. The minimum Gasteiger partial charge on any atom is -0.368 e. The van der Waals surface area contributed by atoms with Crippen LogP contribution >= 0.6 is 0 Å². The molecule has 0 spiro atoms. The van der Waals surface area contributed by atoms with Crippen LogP contribution in [0.1, 0.15) is 6.92 Å². The van der Waals surface area contributed by atoms with E-state index in [1.165, 1.54) is 6.04 Å². The Hall–Kier alpha value is 0.0969. The van der Waals surface area contributed by atoms with E-state index >= 15 is 0 Å². The largest absolute Gasteiger partial charge is 0.368 e. The Balaban J connectivity index is 2.49. The predicted octanol–water partition coefficient (Wildman–Crippen LogP) is -0.0551. The summed E-state index contributed by atoms with van der Waals surface area (Å²) in [5, 5.41) is 3.36. The molecule has 0 aliphatic carbocycles. The van der Waals surface area contributed by atoms with Gasteiger partial charge in [-0.25, -0.2) is 0 Å². The molecule has 3 nitrogen and oxygen atoms in total. The van der Waals surface area contributed by atoms with Crippen molar-refractivity contribution in [1.29, 1.82) is 0 Å². The van der Waals surface area contributed by atoms with Crippen LogP contribution < -0.4 is 11.1 Å². The fraction of sp³-hybridized carbons (Fsp3) is 1.00. The van der Waals surface area contributed by atoms with Gasteiger partial charge in [-0.3, -0.25) is 5.32 Å². The highest BCUT2D eigenvalue weighted by molar-refractivity contribution is 6.62. The van der Waals surface area contributed by atoms with E-state index in [9.17, 15) is 0 Å². The number of nitrogens with one attached hydrogen (secondary N) is 1. The summed E-state index contributed by atoms with van der Waals surface area (Å²) in [5.74, 6) is 0. The summed E-state index contributed by atoms with van der Waals surface area (Å²) in [4.78, 5) is 0. The highest BCUT2D eigenvalue weighted by Gasteiger charge is 2.39. The molecule has 0 bridgehead atoms. The van der Waals surface area contributed by atoms with Gasteiger partial charge in [0.25, 0.3) is 0 Å². The van der Waals surface area contributed by atoms with E-state index < -0.39 is 8.80 Å². The van der Waals surface area contributed by atoms with Crippen LogP contribution in [0.4, 0.5) is 0 Å². The molecule has 11 heavy (non-hydrogen) atoms. The van der Waals surface area contributed by atoms with E-state index in [-0.39, 0.29) is 5.35 Å². The Bertz CT molecular complexity index is 134. The molecule has 0 aromatic rings. The zero-order valence-electron chi connectivity index (χ0n) is 7.31. The molecule has 3 N–H and O–H groups in total. The molecule has 1 aliphatic heterocycles. The standard InChI is InChI=1S/C7H17N2OSi/c1-7(10-2)9-4-6-11(7)5-3-8/h9H,3-6,8H2,1-2H3. The van der Waals surface area contributed by atoms with Crippen LogP contribution in [0.3, 0.4) is 0 Å². The molecule has 1 unspecified atom stereocenters. The summed E-state index contributed by atoms with van der Waals surface area (Å²) in [5.41, 5.74) is 5.53. The van der Waals surface area contributed by atoms with Crippen LogP contribution in [0.15, 0.2) is 0 Å². The molecule has 1 fully saturated rings. The zero-order valence-corrected chi connectivity index (χ0v) is 8.31. The minimum atomic E-state index is -0.409. The molecular weight excluding hydrogens is 156 g/mol. The summed E-state index contributed by atoms with van der Waals surface area (Å²) >= 11 is 0. The quantitative estimate of drug-likeness (QED) is 0.588. The van der Waals surface area contributed by atoms with Gasteiger partial charge < -0.3 is 10.5 Å². The number of rotatable bonds is 3. The number of nitrogens with two attached hydrogens (primary N) is 1. The van der Waals surface area contributed by atoms with E-state index in [0.29, 0.717) is 0 Å². The van der Waals surface area contributed by atoms with Gasteiger partial charge in [-0.15, -0.1) is 0 Å². The third-order valence-corrected chi connectivity index (χ3v) is 5.89. The van der Waals surface area contributed by atoms with Crippen molar-refractivity contribution in [3.8, 4) is 0 Å². The Morgan fingerprint density at radius 1 is 1.73 bits per heavy atom. The molecule has 1 saturated heterocycles. The second kappa shape index (κ2) is 3.67. The lowest BCUT2D eigenvalue weighted by Crippen LogP contribution is -2.49. The molecule has 65 valence electrons. The smallest absolute Gasteiger partial charge is 0.111 e. The van der Waals surface area contributed by atoms with Crippen molar-refractivity contribution in [3.05, 3.63) is 0 Å². The minimum absolute atomic E-state index is 0.0238. The van der Waals surface area contributed by atoms with Gasteiger partial charge in [-0.1, -0.05) is 0 Å². The SMILES string of the molecule is COC1(C)NCC[Si]1CCN. The Morgan fingerprint density at radius 3 is 3.00 bits per heavy atom. The van der Waals surface area contributed by atoms with Gasteiger partial charge in [0.1, 0.15) is 8.80 Å². The third kappa shape index (κ3) is 1.82. The van der Waals surface area contributed by atoms with Gasteiger partial charge in [0.05, 0.1) is 5.35 Å². The Labute approximate surface area is 69.9 Å². The lowest BCUT2D eigenvalue weighted by Gasteiger charge is -2.28. The molecule has 0 amide bonds. The maximum atomic E-state index is 5.53. The first kappa shape index (κ1) is 9.19. The number of hydrogen-bond donors (Lipinski definition) is 2. The molecule has 0 aromatic heterocycles. The maximum absolute atomic E-state index is 5.53. The van der Waals surface area contributed by atoms with Crippen LogP contribution in [0.25, 0.3) is 0 Å². The Kier molecular flexibility index (Phi) is 3.06. The highest BCUT2D eigenvalue weighted by atomic mass is 28.3. The van der Waals surface area contributed by atoms with Crippen LogP contribution in [0, 0.1) is 0 Å². The summed E-state index contributed by atoms with van der Waals surface area (Å²) in [7, 11) is 1.37. The summed E-state index contributed by atoms with van der Waals surface area (Å²) in [6.07, 6.45) is 0. The van der Waals surface area contributed by atoms with E-state index in [1.807, 2.05) is 0 Å². The van der Waals surface area contributed by atoms with E-state index in [2.05, 4.69) is 12.2 Å². The lowest BCUT2D eigenvalue weighted by atomic mass is 10.6. The second-order valence-electron chi connectivity index (χ2n) is 3.06. The molecule has 1 aliphatic rings. The summed E-state index contributed by atoms with van der Waals surface area (Å²) in [6, 6.07) is 2.44. The van der Waals surface area contributed by atoms with Crippen molar-refractivity contribution in [2.24, 2.45) is 5.73 Å². The van der Waals surface area contributed by atoms with Crippen molar-refractivity contribution < 1.29 is 4.74 Å². The first-order chi connectivity index (χ1) is 5.23. The first-order valence-electron chi connectivity index (χ1n) is 4.08. The van der Waals surface area contributed by atoms with Crippen LogP contribution in [-0.2, 0) is 4.74 Å². The average molecular weight is 173 g/mol. The van der Waals surface area contributed by atoms with Crippen molar-refractivity contribution in [3.63, 3.8) is 0 Å². The van der Waals surface area contributed by atoms with Crippen molar-refractivity contribution in [1.82, 2.24) is 5.32 Å². The topological polar surface area (TPSA) is 47.3 Å². The highest BCUT2D eigenvalue weighted by Crippen LogP contribution is 2.21. The van der Waals surface area contributed by atoms with Crippen molar-refractivity contribution >= 4 is 8.80 Å².